The molecule has 0 aromatic carbocycles. The average molecular weight is 331 g/mol. The lowest BCUT2D eigenvalue weighted by Crippen LogP contribution is -2.53. The first kappa shape index (κ1) is 15.2. The Morgan fingerprint density at radius 1 is 1.35 bits per heavy atom. The molecule has 2 bridgehead atoms. The van der Waals surface area contributed by atoms with Gasteiger partial charge in [-0.3, -0.25) is 4.79 Å². The summed E-state index contributed by atoms with van der Waals surface area (Å²) < 4.78 is 0. The van der Waals surface area contributed by atoms with E-state index in [2.05, 4.69) is 35.2 Å². The molecule has 2 atom stereocenters. The molecule has 0 unspecified atom stereocenters. The molecule has 2 aliphatic carbocycles. The number of piperazine rings is 1. The molecule has 5 heteroatoms. The number of carbonyl (C=O) groups is 1. The number of hydrogen-bond donors (Lipinski definition) is 0. The maximum atomic E-state index is 13.3. The number of aromatic nitrogens is 1. The van der Waals surface area contributed by atoms with E-state index in [1.807, 2.05) is 11.6 Å². The highest BCUT2D eigenvalue weighted by Gasteiger charge is 2.61. The summed E-state index contributed by atoms with van der Waals surface area (Å²) in [6.07, 6.45) is 5.05. The molecule has 124 valence electrons. The molecule has 1 aromatic rings. The van der Waals surface area contributed by atoms with Crippen LogP contribution in [-0.4, -0.2) is 42.0 Å². The third kappa shape index (κ3) is 2.09. The number of amides is 1. The highest BCUT2D eigenvalue weighted by atomic mass is 32.1. The van der Waals surface area contributed by atoms with E-state index < -0.39 is 0 Å². The van der Waals surface area contributed by atoms with Crippen molar-refractivity contribution >= 4 is 22.4 Å². The number of nitrogens with zero attached hydrogens (tertiary/aromatic N) is 3. The Morgan fingerprint density at radius 3 is 2.65 bits per heavy atom. The van der Waals surface area contributed by atoms with Gasteiger partial charge in [0.25, 0.3) is 0 Å². The van der Waals surface area contributed by atoms with E-state index in [1.54, 1.807) is 11.3 Å². The quantitative estimate of drug-likeness (QED) is 0.781. The van der Waals surface area contributed by atoms with E-state index in [0.717, 1.165) is 44.2 Å². The number of hydrogen-bond acceptors (Lipinski definition) is 4. The normalized spacial score (nSPS) is 32.6. The summed E-state index contributed by atoms with van der Waals surface area (Å²) in [5.74, 6) is 0.977. The van der Waals surface area contributed by atoms with Crippen LogP contribution in [0.4, 0.5) is 5.13 Å². The topological polar surface area (TPSA) is 36.4 Å². The van der Waals surface area contributed by atoms with Crippen molar-refractivity contribution in [3.05, 3.63) is 23.7 Å². The van der Waals surface area contributed by atoms with Gasteiger partial charge in [-0.15, -0.1) is 11.3 Å². The first-order chi connectivity index (χ1) is 10.9. The van der Waals surface area contributed by atoms with Crippen LogP contribution in [0.15, 0.2) is 23.7 Å². The van der Waals surface area contributed by atoms with Crippen molar-refractivity contribution in [2.75, 3.05) is 31.1 Å². The monoisotopic (exact) mass is 331 g/mol. The lowest BCUT2D eigenvalue weighted by molar-refractivity contribution is -0.140. The molecule has 3 aliphatic rings. The number of carbonyl (C=O) groups excluding carboxylic acids is 1. The van der Waals surface area contributed by atoms with Gasteiger partial charge in [0.05, 0.1) is 5.41 Å². The first-order valence-corrected chi connectivity index (χ1v) is 9.47. The van der Waals surface area contributed by atoms with Crippen molar-refractivity contribution in [2.45, 2.75) is 33.1 Å². The van der Waals surface area contributed by atoms with Gasteiger partial charge in [0.15, 0.2) is 5.13 Å². The maximum Gasteiger partial charge on any atom is 0.233 e. The molecule has 1 saturated heterocycles. The van der Waals surface area contributed by atoms with E-state index >= 15 is 0 Å². The number of anilines is 1. The minimum Gasteiger partial charge on any atom is -0.345 e. The summed E-state index contributed by atoms with van der Waals surface area (Å²) in [7, 11) is 0. The van der Waals surface area contributed by atoms with Crippen LogP contribution in [0.2, 0.25) is 0 Å². The first-order valence-electron chi connectivity index (χ1n) is 8.59. The minimum atomic E-state index is -0.266. The van der Waals surface area contributed by atoms with E-state index in [0.29, 0.717) is 11.8 Å². The van der Waals surface area contributed by atoms with Gasteiger partial charge in [0.2, 0.25) is 5.91 Å². The zero-order valence-electron chi connectivity index (χ0n) is 14.0. The molecule has 0 radical (unpaired) electrons. The van der Waals surface area contributed by atoms with Gasteiger partial charge in [-0.25, -0.2) is 4.98 Å². The molecule has 0 spiro atoms. The second kappa shape index (κ2) is 5.07. The lowest BCUT2D eigenvalue weighted by atomic mass is 9.68. The molecule has 3 fully saturated rings. The third-order valence-corrected chi connectivity index (χ3v) is 7.39. The van der Waals surface area contributed by atoms with E-state index in [4.69, 9.17) is 0 Å². The Bertz CT molecular complexity index is 631. The van der Waals surface area contributed by atoms with Crippen LogP contribution in [0.25, 0.3) is 0 Å². The predicted octanol–water partition coefficient (Wildman–Crippen LogP) is 3.17. The Kier molecular flexibility index (Phi) is 3.34. The van der Waals surface area contributed by atoms with Crippen LogP contribution in [-0.2, 0) is 4.79 Å². The van der Waals surface area contributed by atoms with Gasteiger partial charge in [0, 0.05) is 37.8 Å². The molecule has 4 nitrogen and oxygen atoms in total. The summed E-state index contributed by atoms with van der Waals surface area (Å²) in [4.78, 5) is 22.1. The van der Waals surface area contributed by atoms with Crippen molar-refractivity contribution in [2.24, 2.45) is 16.7 Å². The Labute approximate surface area is 142 Å². The Morgan fingerprint density at radius 2 is 2.09 bits per heavy atom. The highest BCUT2D eigenvalue weighted by molar-refractivity contribution is 7.13. The second-order valence-electron chi connectivity index (χ2n) is 7.82. The van der Waals surface area contributed by atoms with E-state index in [9.17, 15) is 4.79 Å². The molecule has 1 aromatic heterocycles. The Balaban J connectivity index is 1.48. The maximum absolute atomic E-state index is 13.3. The van der Waals surface area contributed by atoms with E-state index in [-0.39, 0.29) is 10.8 Å². The highest BCUT2D eigenvalue weighted by Crippen LogP contribution is 2.65. The smallest absolute Gasteiger partial charge is 0.233 e. The molecule has 1 aliphatic heterocycles. The molecule has 0 N–H and O–H groups in total. The van der Waals surface area contributed by atoms with Gasteiger partial charge in [-0.2, -0.15) is 0 Å². The summed E-state index contributed by atoms with van der Waals surface area (Å²) in [6.45, 7) is 12.3. The van der Waals surface area contributed by atoms with Gasteiger partial charge < -0.3 is 9.80 Å². The number of thiazole rings is 1. The number of rotatable bonds is 2. The lowest BCUT2D eigenvalue weighted by Gasteiger charge is -2.42. The van der Waals surface area contributed by atoms with Gasteiger partial charge in [-0.05, 0) is 30.6 Å². The molecule has 1 amide bonds. The minimum absolute atomic E-state index is 0.122. The molecule has 2 heterocycles. The Hall–Kier alpha value is -1.36. The molecule has 23 heavy (non-hydrogen) atoms. The molecule has 4 rings (SSSR count). The molecule has 2 saturated carbocycles. The fourth-order valence-electron chi connectivity index (χ4n) is 4.90. The zero-order valence-corrected chi connectivity index (χ0v) is 14.9. The van der Waals surface area contributed by atoms with Crippen LogP contribution >= 0.6 is 11.3 Å². The molecular weight excluding hydrogens is 306 g/mol. The van der Waals surface area contributed by atoms with Gasteiger partial charge in [0.1, 0.15) is 0 Å². The second-order valence-corrected chi connectivity index (χ2v) is 8.69. The summed E-state index contributed by atoms with van der Waals surface area (Å²) in [6, 6.07) is 0. The van der Waals surface area contributed by atoms with Crippen molar-refractivity contribution < 1.29 is 4.79 Å². The summed E-state index contributed by atoms with van der Waals surface area (Å²) in [5.41, 5.74) is 1.04. The van der Waals surface area contributed by atoms with Gasteiger partial charge in [-0.1, -0.05) is 26.0 Å². The third-order valence-electron chi connectivity index (χ3n) is 6.56. The summed E-state index contributed by atoms with van der Waals surface area (Å²) >= 11 is 1.67. The van der Waals surface area contributed by atoms with Crippen molar-refractivity contribution in [3.63, 3.8) is 0 Å². The van der Waals surface area contributed by atoms with Crippen LogP contribution in [0, 0.1) is 16.7 Å². The average Bonchev–Trinajstić information content (AvgIpc) is 3.26. The largest absolute Gasteiger partial charge is 0.345 e. The molecular formula is C18H25N3OS. The summed E-state index contributed by atoms with van der Waals surface area (Å²) in [5, 5.41) is 3.08. The van der Waals surface area contributed by atoms with Crippen molar-refractivity contribution in [3.8, 4) is 0 Å². The van der Waals surface area contributed by atoms with Crippen molar-refractivity contribution in [1.82, 2.24) is 9.88 Å². The van der Waals surface area contributed by atoms with Crippen LogP contribution in [0.1, 0.15) is 33.1 Å². The van der Waals surface area contributed by atoms with Crippen LogP contribution in [0.5, 0.6) is 0 Å². The van der Waals surface area contributed by atoms with Crippen molar-refractivity contribution in [1.29, 1.82) is 0 Å². The zero-order chi connectivity index (χ0) is 16.2. The fourth-order valence-corrected chi connectivity index (χ4v) is 5.59. The van der Waals surface area contributed by atoms with E-state index in [1.165, 1.54) is 12.0 Å². The fraction of sp³-hybridized carbons (Fsp3) is 0.667. The van der Waals surface area contributed by atoms with Gasteiger partial charge >= 0.3 is 0 Å². The number of fused-ring (bicyclic) bond motifs is 2. The standard InChI is InChI=1S/C18H25N3OS/c1-13-17(2,3)14-4-5-18(13,12-14)15(22)20-7-9-21(10-8-20)16-19-6-11-23-16/h6,11,14H,1,4-5,7-10,12H2,2-3H3/t14-,18-/m0/s1. The van der Waals surface area contributed by atoms with Crippen LogP contribution in [0.3, 0.4) is 0 Å². The predicted molar refractivity (Wildman–Crippen MR) is 93.6 cm³/mol. The SMILES string of the molecule is C=C1C(C)(C)[C@H]2CC[C@]1(C(=O)N1CCN(c3nccs3)CC1)C2. The van der Waals surface area contributed by atoms with Crippen LogP contribution < -0.4 is 4.90 Å².